The van der Waals surface area contributed by atoms with Crippen LogP contribution in [0.2, 0.25) is 0 Å². The molecule has 1 fully saturated rings. The highest BCUT2D eigenvalue weighted by Crippen LogP contribution is 2.11. The fourth-order valence-electron chi connectivity index (χ4n) is 2.08. The van der Waals surface area contributed by atoms with Gasteiger partial charge in [-0.25, -0.2) is 4.79 Å². The Morgan fingerprint density at radius 2 is 2.06 bits per heavy atom. The first kappa shape index (κ1) is 13.3. The molecule has 0 aliphatic carbocycles. The number of piperidine rings is 1. The third kappa shape index (κ3) is 3.67. The van der Waals surface area contributed by atoms with Crippen molar-refractivity contribution < 1.29 is 4.79 Å². The molecule has 1 unspecified atom stereocenters. The zero-order valence-corrected chi connectivity index (χ0v) is 11.0. The van der Waals surface area contributed by atoms with Crippen LogP contribution < -0.4 is 5.32 Å². The van der Waals surface area contributed by atoms with Crippen LogP contribution in [0.15, 0.2) is 0 Å². The van der Waals surface area contributed by atoms with Gasteiger partial charge < -0.3 is 15.1 Å². The summed E-state index contributed by atoms with van der Waals surface area (Å²) in [6, 6.07) is 0.848. The van der Waals surface area contributed by atoms with E-state index in [0.717, 1.165) is 13.1 Å². The van der Waals surface area contributed by atoms with E-state index >= 15 is 0 Å². The Bertz CT molecular complexity index is 222. The average Bonchev–Trinajstić information content (AvgIpc) is 2.26. The van der Waals surface area contributed by atoms with E-state index in [4.69, 9.17) is 0 Å². The molecule has 0 aromatic heterocycles. The fourth-order valence-corrected chi connectivity index (χ4v) is 2.08. The first-order valence-corrected chi connectivity index (χ1v) is 6.23. The molecule has 1 aliphatic heterocycles. The van der Waals surface area contributed by atoms with Gasteiger partial charge in [0, 0.05) is 32.7 Å². The summed E-state index contributed by atoms with van der Waals surface area (Å²) in [7, 11) is 3.62. The summed E-state index contributed by atoms with van der Waals surface area (Å²) < 4.78 is 0. The molecule has 94 valence electrons. The van der Waals surface area contributed by atoms with E-state index in [-0.39, 0.29) is 12.1 Å². The first-order chi connectivity index (χ1) is 7.52. The molecule has 1 saturated heterocycles. The van der Waals surface area contributed by atoms with Crippen LogP contribution in [-0.4, -0.2) is 55.1 Å². The number of carbonyl (C=O) groups excluding carboxylic acids is 1. The summed E-state index contributed by atoms with van der Waals surface area (Å²) in [4.78, 5) is 15.6. The molecule has 1 aliphatic rings. The lowest BCUT2D eigenvalue weighted by Gasteiger charge is -2.34. The third-order valence-electron chi connectivity index (χ3n) is 3.08. The van der Waals surface area contributed by atoms with Gasteiger partial charge in [-0.3, -0.25) is 0 Å². The largest absolute Gasteiger partial charge is 0.331 e. The van der Waals surface area contributed by atoms with Crippen molar-refractivity contribution in [1.29, 1.82) is 0 Å². The zero-order valence-electron chi connectivity index (χ0n) is 11.0. The maximum absolute atomic E-state index is 12.0. The molecule has 1 heterocycles. The van der Waals surface area contributed by atoms with E-state index in [0.29, 0.717) is 6.04 Å². The van der Waals surface area contributed by atoms with Crippen molar-refractivity contribution in [2.24, 2.45) is 0 Å². The summed E-state index contributed by atoms with van der Waals surface area (Å²) in [6.07, 6.45) is 3.73. The minimum absolute atomic E-state index is 0.113. The van der Waals surface area contributed by atoms with Gasteiger partial charge in [0.2, 0.25) is 0 Å². The molecule has 1 rings (SSSR count). The lowest BCUT2D eigenvalue weighted by molar-refractivity contribution is 0.146. The normalized spacial score (nSPS) is 20.9. The number of hydrogen-bond donors (Lipinski definition) is 1. The Balaban J connectivity index is 2.53. The van der Waals surface area contributed by atoms with Crippen LogP contribution in [0.25, 0.3) is 0 Å². The van der Waals surface area contributed by atoms with Gasteiger partial charge in [-0.05, 0) is 33.2 Å². The molecule has 4 heteroatoms. The van der Waals surface area contributed by atoms with Gasteiger partial charge in [0.1, 0.15) is 0 Å². The van der Waals surface area contributed by atoms with Crippen LogP contribution in [0.1, 0.15) is 33.1 Å². The topological polar surface area (TPSA) is 35.6 Å². The third-order valence-corrected chi connectivity index (χ3v) is 3.08. The maximum atomic E-state index is 12.0. The molecule has 2 amide bonds. The second kappa shape index (κ2) is 6.09. The Hall–Kier alpha value is -0.770. The summed E-state index contributed by atoms with van der Waals surface area (Å²) in [5.74, 6) is 0. The van der Waals surface area contributed by atoms with Gasteiger partial charge >= 0.3 is 6.03 Å². The van der Waals surface area contributed by atoms with Gasteiger partial charge in [0.15, 0.2) is 0 Å². The first-order valence-electron chi connectivity index (χ1n) is 6.23. The van der Waals surface area contributed by atoms with Gasteiger partial charge in [0.25, 0.3) is 0 Å². The summed E-state index contributed by atoms with van der Waals surface area (Å²) in [6.45, 7) is 6.07. The predicted molar refractivity (Wildman–Crippen MR) is 66.6 cm³/mol. The van der Waals surface area contributed by atoms with E-state index in [9.17, 15) is 4.79 Å². The van der Waals surface area contributed by atoms with E-state index < -0.39 is 0 Å². The van der Waals surface area contributed by atoms with E-state index in [1.165, 1.54) is 19.3 Å². The zero-order chi connectivity index (χ0) is 12.1. The highest BCUT2D eigenvalue weighted by Gasteiger charge is 2.23. The molecule has 0 spiro atoms. The number of amides is 2. The molecular formula is C12H25N3O. The highest BCUT2D eigenvalue weighted by atomic mass is 16.2. The monoisotopic (exact) mass is 227 g/mol. The quantitative estimate of drug-likeness (QED) is 0.793. The molecule has 1 atom stereocenters. The molecule has 0 bridgehead atoms. The van der Waals surface area contributed by atoms with Crippen LogP contribution in [-0.2, 0) is 0 Å². The van der Waals surface area contributed by atoms with Gasteiger partial charge in [-0.2, -0.15) is 0 Å². The smallest absolute Gasteiger partial charge is 0.319 e. The number of urea groups is 1. The number of nitrogens with one attached hydrogen (secondary N) is 1. The van der Waals surface area contributed by atoms with Crippen molar-refractivity contribution in [2.75, 3.05) is 27.2 Å². The molecular weight excluding hydrogens is 202 g/mol. The molecule has 0 aromatic carbocycles. The van der Waals surface area contributed by atoms with Crippen molar-refractivity contribution in [2.45, 2.75) is 45.2 Å². The van der Waals surface area contributed by atoms with Crippen LogP contribution in [0.4, 0.5) is 4.79 Å². The molecule has 0 radical (unpaired) electrons. The molecule has 4 nitrogen and oxygen atoms in total. The number of hydrogen-bond acceptors (Lipinski definition) is 2. The summed E-state index contributed by atoms with van der Waals surface area (Å²) >= 11 is 0. The molecule has 1 N–H and O–H groups in total. The number of nitrogens with zero attached hydrogens (tertiary/aromatic N) is 2. The second-order valence-electron chi connectivity index (χ2n) is 5.07. The van der Waals surface area contributed by atoms with Gasteiger partial charge in [-0.1, -0.05) is 6.42 Å². The minimum atomic E-state index is 0.113. The average molecular weight is 227 g/mol. The Kier molecular flexibility index (Phi) is 5.06. The van der Waals surface area contributed by atoms with Gasteiger partial charge in [-0.15, -0.1) is 0 Å². The predicted octanol–water partition coefficient (Wildman–Crippen LogP) is 1.52. The highest BCUT2D eigenvalue weighted by molar-refractivity contribution is 5.74. The van der Waals surface area contributed by atoms with Crippen molar-refractivity contribution in [3.05, 3.63) is 0 Å². The van der Waals surface area contributed by atoms with Crippen LogP contribution >= 0.6 is 0 Å². The van der Waals surface area contributed by atoms with Crippen molar-refractivity contribution >= 4 is 6.03 Å². The fraction of sp³-hybridized carbons (Fsp3) is 0.917. The Morgan fingerprint density at radius 3 is 2.50 bits per heavy atom. The minimum Gasteiger partial charge on any atom is -0.331 e. The SMILES string of the molecule is CC(C)N(CC1CCCCN1)C(=O)N(C)C. The summed E-state index contributed by atoms with van der Waals surface area (Å²) in [5, 5.41) is 3.49. The molecule has 16 heavy (non-hydrogen) atoms. The molecule has 0 saturated carbocycles. The lowest BCUT2D eigenvalue weighted by atomic mass is 10.0. The number of rotatable bonds is 3. The van der Waals surface area contributed by atoms with Gasteiger partial charge in [0.05, 0.1) is 0 Å². The second-order valence-corrected chi connectivity index (χ2v) is 5.07. The maximum Gasteiger partial charge on any atom is 0.319 e. The van der Waals surface area contributed by atoms with Crippen LogP contribution in [0, 0.1) is 0 Å². The van der Waals surface area contributed by atoms with E-state index in [1.807, 2.05) is 19.0 Å². The van der Waals surface area contributed by atoms with Crippen LogP contribution in [0.5, 0.6) is 0 Å². The van der Waals surface area contributed by atoms with Crippen LogP contribution in [0.3, 0.4) is 0 Å². The Labute approximate surface area is 99.0 Å². The Morgan fingerprint density at radius 1 is 1.38 bits per heavy atom. The number of carbonyl (C=O) groups is 1. The van der Waals surface area contributed by atoms with Crippen molar-refractivity contribution in [3.63, 3.8) is 0 Å². The van der Waals surface area contributed by atoms with E-state index in [1.54, 1.807) is 4.90 Å². The van der Waals surface area contributed by atoms with E-state index in [2.05, 4.69) is 19.2 Å². The standard InChI is InChI=1S/C12H25N3O/c1-10(2)15(12(16)14(3)4)9-11-7-5-6-8-13-11/h10-11,13H,5-9H2,1-4H3. The molecule has 0 aromatic rings. The van der Waals surface area contributed by atoms with Crippen molar-refractivity contribution in [1.82, 2.24) is 15.1 Å². The summed E-state index contributed by atoms with van der Waals surface area (Å²) in [5.41, 5.74) is 0. The van der Waals surface area contributed by atoms with Crippen molar-refractivity contribution in [3.8, 4) is 0 Å². The lowest BCUT2D eigenvalue weighted by Crippen LogP contribution is -2.51.